The first kappa shape index (κ1) is 25.1. The van der Waals surface area contributed by atoms with Crippen LogP contribution in [-0.4, -0.2) is 39.6 Å². The fraction of sp³-hybridized carbons (Fsp3) is 0.143. The summed E-state index contributed by atoms with van der Waals surface area (Å²) >= 11 is 17.8. The SMILES string of the molecule is COCCNC(=O)c1cccc(Oc2ncc(Cl)cc2NS(=O)(=O)c2ccc(Cl)c(Cl)c2)c1. The summed E-state index contributed by atoms with van der Waals surface area (Å²) in [7, 11) is -2.53. The van der Waals surface area contributed by atoms with Crippen molar-refractivity contribution in [1.82, 2.24) is 10.3 Å². The third-order valence-electron chi connectivity index (χ3n) is 4.17. The number of benzene rings is 2. The summed E-state index contributed by atoms with van der Waals surface area (Å²) < 4.78 is 38.7. The van der Waals surface area contributed by atoms with Gasteiger partial charge in [-0.3, -0.25) is 9.52 Å². The third kappa shape index (κ3) is 6.72. The van der Waals surface area contributed by atoms with E-state index < -0.39 is 10.0 Å². The smallest absolute Gasteiger partial charge is 0.262 e. The Kier molecular flexibility index (Phi) is 8.39. The summed E-state index contributed by atoms with van der Waals surface area (Å²) in [6.07, 6.45) is 1.30. The molecule has 0 bridgehead atoms. The highest BCUT2D eigenvalue weighted by molar-refractivity contribution is 7.92. The van der Waals surface area contributed by atoms with E-state index in [-0.39, 0.29) is 43.2 Å². The number of carbonyl (C=O) groups is 1. The quantitative estimate of drug-likeness (QED) is 0.377. The number of ether oxygens (including phenoxy) is 2. The van der Waals surface area contributed by atoms with Gasteiger partial charge in [0.25, 0.3) is 15.9 Å². The van der Waals surface area contributed by atoms with Crippen LogP contribution in [-0.2, 0) is 14.8 Å². The van der Waals surface area contributed by atoms with Gasteiger partial charge in [0.1, 0.15) is 11.4 Å². The Balaban J connectivity index is 1.85. The van der Waals surface area contributed by atoms with Gasteiger partial charge >= 0.3 is 0 Å². The number of methoxy groups -OCH3 is 1. The van der Waals surface area contributed by atoms with Crippen molar-refractivity contribution in [2.75, 3.05) is 25.0 Å². The molecule has 0 aliphatic carbocycles. The molecular formula is C21H18Cl3N3O5S. The van der Waals surface area contributed by atoms with Crippen LogP contribution in [0.1, 0.15) is 10.4 Å². The number of nitrogens with zero attached hydrogens (tertiary/aromatic N) is 1. The Hall–Kier alpha value is -2.56. The molecule has 0 aliphatic rings. The van der Waals surface area contributed by atoms with Gasteiger partial charge in [0.2, 0.25) is 5.88 Å². The summed E-state index contributed by atoms with van der Waals surface area (Å²) in [5.74, 6) is -0.124. The highest BCUT2D eigenvalue weighted by atomic mass is 35.5. The number of carbonyl (C=O) groups excluding carboxylic acids is 1. The van der Waals surface area contributed by atoms with Crippen LogP contribution in [0.5, 0.6) is 11.6 Å². The number of nitrogens with one attached hydrogen (secondary N) is 2. The van der Waals surface area contributed by atoms with Gasteiger partial charge in [0, 0.05) is 25.4 Å². The minimum Gasteiger partial charge on any atom is -0.437 e. The van der Waals surface area contributed by atoms with Gasteiger partial charge in [0.05, 0.1) is 26.6 Å². The van der Waals surface area contributed by atoms with E-state index in [1.54, 1.807) is 18.2 Å². The summed E-state index contributed by atoms with van der Waals surface area (Å²) in [6, 6.07) is 11.6. The minimum absolute atomic E-state index is 0.0106. The Bertz CT molecular complexity index is 1270. The maximum Gasteiger partial charge on any atom is 0.262 e. The molecule has 0 fully saturated rings. The first-order valence-corrected chi connectivity index (χ1v) is 12.0. The molecule has 3 aromatic rings. The largest absolute Gasteiger partial charge is 0.437 e. The van der Waals surface area contributed by atoms with E-state index in [4.69, 9.17) is 44.3 Å². The van der Waals surface area contributed by atoms with Gasteiger partial charge < -0.3 is 14.8 Å². The molecule has 2 N–H and O–H groups in total. The zero-order chi connectivity index (χ0) is 24.0. The van der Waals surface area contributed by atoms with Gasteiger partial charge in [-0.1, -0.05) is 40.9 Å². The second kappa shape index (κ2) is 11.0. The van der Waals surface area contributed by atoms with Crippen molar-refractivity contribution in [1.29, 1.82) is 0 Å². The molecule has 33 heavy (non-hydrogen) atoms. The van der Waals surface area contributed by atoms with E-state index in [1.165, 1.54) is 43.6 Å². The number of amides is 1. The van der Waals surface area contributed by atoms with Crippen molar-refractivity contribution >= 4 is 56.4 Å². The molecule has 0 spiro atoms. The monoisotopic (exact) mass is 529 g/mol. The van der Waals surface area contributed by atoms with Crippen molar-refractivity contribution in [3.8, 4) is 11.6 Å². The van der Waals surface area contributed by atoms with E-state index in [0.29, 0.717) is 18.7 Å². The zero-order valence-electron chi connectivity index (χ0n) is 17.1. The minimum atomic E-state index is -4.07. The number of anilines is 1. The second-order valence-corrected chi connectivity index (χ2v) is 9.50. The average Bonchev–Trinajstić information content (AvgIpc) is 2.77. The van der Waals surface area contributed by atoms with Crippen molar-refractivity contribution < 1.29 is 22.7 Å². The summed E-state index contributed by atoms with van der Waals surface area (Å²) in [5.41, 5.74) is 0.332. The molecule has 0 saturated heterocycles. The lowest BCUT2D eigenvalue weighted by molar-refractivity contribution is 0.0936. The van der Waals surface area contributed by atoms with Crippen LogP contribution in [0.2, 0.25) is 15.1 Å². The molecule has 1 amide bonds. The maximum absolute atomic E-state index is 12.8. The number of hydrogen-bond acceptors (Lipinski definition) is 6. The van der Waals surface area contributed by atoms with Crippen LogP contribution in [0, 0.1) is 0 Å². The van der Waals surface area contributed by atoms with Crippen LogP contribution < -0.4 is 14.8 Å². The molecule has 2 aromatic carbocycles. The normalized spacial score (nSPS) is 11.2. The van der Waals surface area contributed by atoms with Crippen molar-refractivity contribution in [3.05, 3.63) is 75.4 Å². The van der Waals surface area contributed by atoms with Crippen LogP contribution in [0.15, 0.2) is 59.6 Å². The molecule has 8 nitrogen and oxygen atoms in total. The molecule has 0 unspecified atom stereocenters. The van der Waals surface area contributed by atoms with Crippen molar-refractivity contribution in [2.24, 2.45) is 0 Å². The number of pyridine rings is 1. The second-order valence-electron chi connectivity index (χ2n) is 6.57. The molecule has 0 atom stereocenters. The van der Waals surface area contributed by atoms with E-state index >= 15 is 0 Å². The Morgan fingerprint density at radius 1 is 1.06 bits per heavy atom. The highest BCUT2D eigenvalue weighted by Crippen LogP contribution is 2.32. The molecule has 174 valence electrons. The van der Waals surface area contributed by atoms with Gasteiger partial charge in [-0.05, 0) is 42.5 Å². The van der Waals surface area contributed by atoms with Crippen LogP contribution >= 0.6 is 34.8 Å². The number of rotatable bonds is 9. The average molecular weight is 531 g/mol. The number of hydrogen-bond donors (Lipinski definition) is 2. The predicted octanol–water partition coefficient (Wildman–Crippen LogP) is 5.01. The molecular weight excluding hydrogens is 513 g/mol. The molecule has 12 heteroatoms. The molecule has 0 aliphatic heterocycles. The fourth-order valence-corrected chi connectivity index (χ4v) is 4.20. The summed E-state index contributed by atoms with van der Waals surface area (Å²) in [5, 5.41) is 3.19. The first-order chi connectivity index (χ1) is 15.7. The predicted molar refractivity (Wildman–Crippen MR) is 127 cm³/mol. The lowest BCUT2D eigenvalue weighted by Gasteiger charge is -2.14. The van der Waals surface area contributed by atoms with Crippen molar-refractivity contribution in [2.45, 2.75) is 4.90 Å². The Morgan fingerprint density at radius 3 is 2.58 bits per heavy atom. The van der Waals surface area contributed by atoms with Crippen LogP contribution in [0.25, 0.3) is 0 Å². The van der Waals surface area contributed by atoms with E-state index in [2.05, 4.69) is 15.0 Å². The third-order valence-corrected chi connectivity index (χ3v) is 6.47. The standard InChI is InChI=1S/C21H18Cl3N3O5S/c1-31-8-7-25-20(28)13-3-2-4-15(9-13)32-21-19(10-14(22)12-26-21)27-33(29,30)16-5-6-17(23)18(24)11-16/h2-6,9-12,27H,7-8H2,1H3,(H,25,28). The van der Waals surface area contributed by atoms with E-state index in [0.717, 1.165) is 0 Å². The van der Waals surface area contributed by atoms with Gasteiger partial charge in [0.15, 0.2) is 0 Å². The maximum atomic E-state index is 12.8. The molecule has 1 heterocycles. The van der Waals surface area contributed by atoms with E-state index in [9.17, 15) is 13.2 Å². The number of halogens is 3. The van der Waals surface area contributed by atoms with Crippen molar-refractivity contribution in [3.63, 3.8) is 0 Å². The van der Waals surface area contributed by atoms with E-state index in [1.807, 2.05) is 0 Å². The molecule has 1 aromatic heterocycles. The fourth-order valence-electron chi connectivity index (χ4n) is 2.61. The number of sulfonamides is 1. The van der Waals surface area contributed by atoms with Gasteiger partial charge in [-0.2, -0.15) is 0 Å². The highest BCUT2D eigenvalue weighted by Gasteiger charge is 2.20. The molecule has 0 radical (unpaired) electrons. The van der Waals surface area contributed by atoms with Crippen LogP contribution in [0.4, 0.5) is 5.69 Å². The first-order valence-electron chi connectivity index (χ1n) is 9.38. The Labute approximate surface area is 205 Å². The zero-order valence-corrected chi connectivity index (χ0v) is 20.2. The topological polar surface area (TPSA) is 107 Å². The number of aromatic nitrogens is 1. The lowest BCUT2D eigenvalue weighted by atomic mass is 10.2. The van der Waals surface area contributed by atoms with Crippen LogP contribution in [0.3, 0.4) is 0 Å². The lowest BCUT2D eigenvalue weighted by Crippen LogP contribution is -2.26. The molecule has 3 rings (SSSR count). The molecule has 0 saturated carbocycles. The van der Waals surface area contributed by atoms with Gasteiger partial charge in [-0.25, -0.2) is 13.4 Å². The summed E-state index contributed by atoms with van der Waals surface area (Å²) in [6.45, 7) is 0.721. The van der Waals surface area contributed by atoms with Gasteiger partial charge in [-0.15, -0.1) is 0 Å². The summed E-state index contributed by atoms with van der Waals surface area (Å²) in [4.78, 5) is 16.2. The Morgan fingerprint density at radius 2 is 1.85 bits per heavy atom.